The first kappa shape index (κ1) is 13.1. The molecule has 0 radical (unpaired) electrons. The van der Waals surface area contributed by atoms with Crippen LogP contribution in [0.15, 0.2) is 36.4 Å². The predicted octanol–water partition coefficient (Wildman–Crippen LogP) is 3.29. The molecule has 0 aliphatic rings. The van der Waals surface area contributed by atoms with E-state index in [2.05, 4.69) is 0 Å². The molecule has 0 atom stereocenters. The minimum atomic E-state index is -0.830. The third-order valence-corrected chi connectivity index (χ3v) is 3.25. The van der Waals surface area contributed by atoms with Crippen LogP contribution in [0.25, 0.3) is 10.8 Å². The Morgan fingerprint density at radius 3 is 1.28 bits per heavy atom. The van der Waals surface area contributed by atoms with Gasteiger partial charge in [0.25, 0.3) is 0 Å². The van der Waals surface area contributed by atoms with Crippen LogP contribution in [0.5, 0.6) is 0 Å². The van der Waals surface area contributed by atoms with Crippen molar-refractivity contribution in [3.8, 4) is 0 Å². The van der Waals surface area contributed by atoms with Crippen molar-refractivity contribution < 1.29 is 10.2 Å². The molecule has 0 aliphatic carbocycles. The van der Waals surface area contributed by atoms with E-state index in [0.29, 0.717) is 0 Å². The van der Waals surface area contributed by atoms with E-state index in [1.165, 1.54) is 0 Å². The second-order valence-corrected chi connectivity index (χ2v) is 5.89. The van der Waals surface area contributed by atoms with Gasteiger partial charge >= 0.3 is 0 Å². The van der Waals surface area contributed by atoms with E-state index < -0.39 is 11.2 Å². The zero-order valence-electron chi connectivity index (χ0n) is 11.4. The van der Waals surface area contributed by atoms with Crippen LogP contribution in [0.4, 0.5) is 0 Å². The topological polar surface area (TPSA) is 40.5 Å². The fourth-order valence-electron chi connectivity index (χ4n) is 2.01. The van der Waals surface area contributed by atoms with Gasteiger partial charge in [-0.25, -0.2) is 0 Å². The summed E-state index contributed by atoms with van der Waals surface area (Å²) in [6, 6.07) is 11.8. The van der Waals surface area contributed by atoms with Crippen molar-refractivity contribution in [2.45, 2.75) is 38.9 Å². The Labute approximate surface area is 108 Å². The highest BCUT2D eigenvalue weighted by atomic mass is 16.3. The molecule has 0 aliphatic heterocycles. The first-order chi connectivity index (χ1) is 8.18. The van der Waals surface area contributed by atoms with Gasteiger partial charge in [-0.15, -0.1) is 0 Å². The SMILES string of the molecule is CC(C)(O)c1ccc2cc(C(C)(C)O)ccc2c1. The van der Waals surface area contributed by atoms with Crippen LogP contribution in [0.2, 0.25) is 0 Å². The molecule has 2 aromatic rings. The summed E-state index contributed by atoms with van der Waals surface area (Å²) >= 11 is 0. The van der Waals surface area contributed by atoms with Crippen molar-refractivity contribution in [1.82, 2.24) is 0 Å². The lowest BCUT2D eigenvalue weighted by atomic mass is 9.92. The normalized spacial score (nSPS) is 13.0. The smallest absolute Gasteiger partial charge is 0.0840 e. The molecule has 2 nitrogen and oxygen atoms in total. The summed E-state index contributed by atoms with van der Waals surface area (Å²) in [5.74, 6) is 0. The second kappa shape index (κ2) is 4.08. The number of hydrogen-bond donors (Lipinski definition) is 2. The fraction of sp³-hybridized carbons (Fsp3) is 0.375. The Kier molecular flexibility index (Phi) is 2.96. The molecule has 0 amide bonds. The van der Waals surface area contributed by atoms with Crippen molar-refractivity contribution >= 4 is 10.8 Å². The number of hydrogen-bond acceptors (Lipinski definition) is 2. The van der Waals surface area contributed by atoms with E-state index >= 15 is 0 Å². The molecular formula is C16H20O2. The maximum Gasteiger partial charge on any atom is 0.0840 e. The number of rotatable bonds is 2. The summed E-state index contributed by atoms with van der Waals surface area (Å²) in [5.41, 5.74) is 0.128. The second-order valence-electron chi connectivity index (χ2n) is 5.89. The van der Waals surface area contributed by atoms with E-state index in [0.717, 1.165) is 21.9 Å². The highest BCUT2D eigenvalue weighted by Crippen LogP contribution is 2.28. The molecular weight excluding hydrogens is 224 g/mol. The van der Waals surface area contributed by atoms with Crippen LogP contribution in [-0.2, 0) is 11.2 Å². The zero-order chi connectivity index (χ0) is 13.6. The molecule has 0 spiro atoms. The van der Waals surface area contributed by atoms with Crippen molar-refractivity contribution in [2.24, 2.45) is 0 Å². The molecule has 18 heavy (non-hydrogen) atoms. The van der Waals surface area contributed by atoms with Crippen LogP contribution < -0.4 is 0 Å². The highest BCUT2D eigenvalue weighted by molar-refractivity contribution is 5.84. The molecule has 0 fully saturated rings. The van der Waals surface area contributed by atoms with Crippen LogP contribution in [0, 0.1) is 0 Å². The van der Waals surface area contributed by atoms with Crippen molar-refractivity contribution in [1.29, 1.82) is 0 Å². The van der Waals surface area contributed by atoms with Crippen LogP contribution >= 0.6 is 0 Å². The minimum Gasteiger partial charge on any atom is -0.386 e. The Balaban J connectivity index is 2.56. The molecule has 0 bridgehead atoms. The van der Waals surface area contributed by atoms with Crippen molar-refractivity contribution in [3.05, 3.63) is 47.5 Å². The molecule has 0 aromatic heterocycles. The quantitative estimate of drug-likeness (QED) is 0.851. The first-order valence-corrected chi connectivity index (χ1v) is 6.17. The van der Waals surface area contributed by atoms with Gasteiger partial charge in [-0.2, -0.15) is 0 Å². The minimum absolute atomic E-state index is 0.830. The van der Waals surface area contributed by atoms with Gasteiger partial charge in [0, 0.05) is 0 Å². The summed E-state index contributed by atoms with van der Waals surface area (Å²) in [7, 11) is 0. The molecule has 0 saturated heterocycles. The largest absolute Gasteiger partial charge is 0.386 e. The Morgan fingerprint density at radius 1 is 0.667 bits per heavy atom. The van der Waals surface area contributed by atoms with Crippen molar-refractivity contribution in [3.63, 3.8) is 0 Å². The highest BCUT2D eigenvalue weighted by Gasteiger charge is 2.18. The number of benzene rings is 2. The molecule has 2 N–H and O–H groups in total. The lowest BCUT2D eigenvalue weighted by molar-refractivity contribution is 0.0779. The Hall–Kier alpha value is -1.38. The molecule has 0 unspecified atom stereocenters. The van der Waals surface area contributed by atoms with Gasteiger partial charge in [0.05, 0.1) is 11.2 Å². The number of aliphatic hydroxyl groups is 2. The first-order valence-electron chi connectivity index (χ1n) is 6.17. The van der Waals surface area contributed by atoms with Gasteiger partial charge in [-0.1, -0.05) is 24.3 Å². The summed E-state index contributed by atoms with van der Waals surface area (Å²) < 4.78 is 0. The average Bonchev–Trinajstić information content (AvgIpc) is 2.25. The molecule has 96 valence electrons. The summed E-state index contributed by atoms with van der Waals surface area (Å²) in [5, 5.41) is 22.1. The summed E-state index contributed by atoms with van der Waals surface area (Å²) in [6.45, 7) is 7.11. The summed E-state index contributed by atoms with van der Waals surface area (Å²) in [6.07, 6.45) is 0. The van der Waals surface area contributed by atoms with E-state index in [-0.39, 0.29) is 0 Å². The number of fused-ring (bicyclic) bond motifs is 1. The molecule has 0 saturated carbocycles. The van der Waals surface area contributed by atoms with Crippen molar-refractivity contribution in [2.75, 3.05) is 0 Å². The fourth-order valence-corrected chi connectivity index (χ4v) is 2.01. The lowest BCUT2D eigenvalue weighted by Gasteiger charge is -2.20. The van der Waals surface area contributed by atoms with Gasteiger partial charge < -0.3 is 10.2 Å². The van der Waals surface area contributed by atoms with E-state index in [4.69, 9.17) is 0 Å². The van der Waals surface area contributed by atoms with Crippen LogP contribution in [-0.4, -0.2) is 10.2 Å². The van der Waals surface area contributed by atoms with Gasteiger partial charge in [0.15, 0.2) is 0 Å². The lowest BCUT2D eigenvalue weighted by Crippen LogP contribution is -2.16. The maximum absolute atomic E-state index is 9.99. The molecule has 2 rings (SSSR count). The predicted molar refractivity (Wildman–Crippen MR) is 74.4 cm³/mol. The molecule has 2 heteroatoms. The summed E-state index contributed by atoms with van der Waals surface area (Å²) in [4.78, 5) is 0. The van der Waals surface area contributed by atoms with Gasteiger partial charge in [0.2, 0.25) is 0 Å². The van der Waals surface area contributed by atoms with E-state index in [1.807, 2.05) is 36.4 Å². The van der Waals surface area contributed by atoms with Crippen LogP contribution in [0.1, 0.15) is 38.8 Å². The van der Waals surface area contributed by atoms with E-state index in [9.17, 15) is 10.2 Å². The average molecular weight is 244 g/mol. The standard InChI is InChI=1S/C16H20O2/c1-15(2,17)13-7-5-12-10-14(16(3,4)18)8-6-11(12)9-13/h5-10,17-18H,1-4H3. The monoisotopic (exact) mass is 244 g/mol. The third kappa shape index (κ3) is 2.55. The Bertz CT molecular complexity index is 518. The van der Waals surface area contributed by atoms with E-state index in [1.54, 1.807) is 27.7 Å². The Morgan fingerprint density at radius 2 is 1.00 bits per heavy atom. The van der Waals surface area contributed by atoms with Gasteiger partial charge in [-0.05, 0) is 61.7 Å². The zero-order valence-corrected chi connectivity index (χ0v) is 11.4. The third-order valence-electron chi connectivity index (χ3n) is 3.25. The van der Waals surface area contributed by atoms with Crippen LogP contribution in [0.3, 0.4) is 0 Å². The molecule has 0 heterocycles. The molecule has 2 aromatic carbocycles. The maximum atomic E-state index is 9.99. The van der Waals surface area contributed by atoms with Gasteiger partial charge in [-0.3, -0.25) is 0 Å². The van der Waals surface area contributed by atoms with Gasteiger partial charge in [0.1, 0.15) is 0 Å².